The zero-order valence-corrected chi connectivity index (χ0v) is 11.7. The first-order chi connectivity index (χ1) is 9.09. The predicted octanol–water partition coefficient (Wildman–Crippen LogP) is 2.36. The minimum absolute atomic E-state index is 0.460. The SMILES string of the molecule is Cc1sc2ncnc(N3CCC[C@H]3C(=O)O)c2c1C. The van der Waals surface area contributed by atoms with Crippen molar-refractivity contribution in [1.29, 1.82) is 0 Å². The fraction of sp³-hybridized carbons (Fsp3) is 0.462. The van der Waals surface area contributed by atoms with Gasteiger partial charge in [-0.05, 0) is 32.3 Å². The van der Waals surface area contributed by atoms with E-state index in [9.17, 15) is 9.90 Å². The van der Waals surface area contributed by atoms with E-state index in [-0.39, 0.29) is 0 Å². The van der Waals surface area contributed by atoms with E-state index in [1.807, 2.05) is 11.8 Å². The zero-order valence-electron chi connectivity index (χ0n) is 10.9. The van der Waals surface area contributed by atoms with Crippen molar-refractivity contribution in [2.75, 3.05) is 11.4 Å². The first-order valence-electron chi connectivity index (χ1n) is 6.29. The highest BCUT2D eigenvalue weighted by Crippen LogP contribution is 2.36. The number of carbonyl (C=O) groups is 1. The molecule has 2 aromatic heterocycles. The van der Waals surface area contributed by atoms with Crippen LogP contribution in [0.3, 0.4) is 0 Å². The van der Waals surface area contributed by atoms with Crippen LogP contribution in [0.2, 0.25) is 0 Å². The number of aromatic nitrogens is 2. The summed E-state index contributed by atoms with van der Waals surface area (Å²) in [5, 5.41) is 10.3. The third-order valence-electron chi connectivity index (χ3n) is 3.76. The summed E-state index contributed by atoms with van der Waals surface area (Å²) in [5.74, 6) is 0.00520. The first kappa shape index (κ1) is 12.3. The van der Waals surface area contributed by atoms with Crippen molar-refractivity contribution >= 4 is 33.3 Å². The minimum Gasteiger partial charge on any atom is -0.480 e. The van der Waals surface area contributed by atoms with Gasteiger partial charge in [-0.2, -0.15) is 0 Å². The third kappa shape index (κ3) is 1.87. The van der Waals surface area contributed by atoms with Gasteiger partial charge in [0.25, 0.3) is 0 Å². The van der Waals surface area contributed by atoms with Crippen molar-refractivity contribution in [1.82, 2.24) is 9.97 Å². The molecule has 0 saturated carbocycles. The van der Waals surface area contributed by atoms with Gasteiger partial charge in [0.2, 0.25) is 0 Å². The summed E-state index contributed by atoms with van der Waals surface area (Å²) in [6.45, 7) is 4.86. The molecule has 3 heterocycles. The van der Waals surface area contributed by atoms with Crippen molar-refractivity contribution in [3.63, 3.8) is 0 Å². The molecule has 19 heavy (non-hydrogen) atoms. The molecule has 1 saturated heterocycles. The molecule has 3 rings (SSSR count). The van der Waals surface area contributed by atoms with Crippen LogP contribution in [0.4, 0.5) is 5.82 Å². The average Bonchev–Trinajstić information content (AvgIpc) is 2.96. The number of nitrogens with zero attached hydrogens (tertiary/aromatic N) is 3. The molecule has 1 N–H and O–H groups in total. The Balaban J connectivity index is 2.17. The second-order valence-corrected chi connectivity index (χ2v) is 6.05. The summed E-state index contributed by atoms with van der Waals surface area (Å²) in [6.07, 6.45) is 3.11. The topological polar surface area (TPSA) is 66.3 Å². The van der Waals surface area contributed by atoms with Crippen molar-refractivity contribution < 1.29 is 9.90 Å². The molecule has 1 fully saturated rings. The number of fused-ring (bicyclic) bond motifs is 1. The van der Waals surface area contributed by atoms with E-state index in [0.717, 1.165) is 34.6 Å². The van der Waals surface area contributed by atoms with Crippen LogP contribution < -0.4 is 4.90 Å². The maximum atomic E-state index is 11.3. The molecule has 1 atom stereocenters. The molecule has 2 aromatic rings. The van der Waals surface area contributed by atoms with Crippen LogP contribution in [0, 0.1) is 13.8 Å². The van der Waals surface area contributed by atoms with Crippen LogP contribution >= 0.6 is 11.3 Å². The molecular formula is C13H15N3O2S. The van der Waals surface area contributed by atoms with Crippen molar-refractivity contribution in [2.24, 2.45) is 0 Å². The summed E-state index contributed by atoms with van der Waals surface area (Å²) in [4.78, 5) is 24.0. The Labute approximate surface area is 114 Å². The molecule has 0 radical (unpaired) electrons. The first-order valence-corrected chi connectivity index (χ1v) is 7.11. The highest BCUT2D eigenvalue weighted by molar-refractivity contribution is 7.18. The Bertz CT molecular complexity index is 653. The van der Waals surface area contributed by atoms with E-state index in [4.69, 9.17) is 0 Å². The Hall–Kier alpha value is -1.69. The maximum absolute atomic E-state index is 11.3. The Kier molecular flexibility index (Phi) is 2.89. The molecule has 1 aliphatic heterocycles. The van der Waals surface area contributed by atoms with Crippen molar-refractivity contribution in [3.8, 4) is 0 Å². The average molecular weight is 277 g/mol. The molecule has 0 aromatic carbocycles. The predicted molar refractivity (Wildman–Crippen MR) is 74.9 cm³/mol. The molecule has 5 nitrogen and oxygen atoms in total. The van der Waals surface area contributed by atoms with Crippen LogP contribution in [0.15, 0.2) is 6.33 Å². The number of anilines is 1. The standard InChI is InChI=1S/C13H15N3O2S/c1-7-8(2)19-12-10(7)11(14-6-15-12)16-5-3-4-9(16)13(17)18/h6,9H,3-5H2,1-2H3,(H,17,18)/t9-/m0/s1. The third-order valence-corrected chi connectivity index (χ3v) is 4.87. The fourth-order valence-corrected chi connectivity index (χ4v) is 3.65. The van der Waals surface area contributed by atoms with E-state index < -0.39 is 12.0 Å². The van der Waals surface area contributed by atoms with E-state index in [1.165, 1.54) is 11.2 Å². The molecule has 0 amide bonds. The molecule has 0 unspecified atom stereocenters. The van der Waals surface area contributed by atoms with Crippen LogP contribution in [-0.2, 0) is 4.79 Å². The van der Waals surface area contributed by atoms with Crippen molar-refractivity contribution in [2.45, 2.75) is 32.7 Å². The number of carboxylic acid groups (broad SMARTS) is 1. The van der Waals surface area contributed by atoms with E-state index in [1.54, 1.807) is 11.3 Å². The number of aliphatic carboxylic acids is 1. The number of hydrogen-bond acceptors (Lipinski definition) is 5. The summed E-state index contributed by atoms with van der Waals surface area (Å²) in [6, 6.07) is -0.460. The number of thiophene rings is 1. The second kappa shape index (κ2) is 4.45. The molecular weight excluding hydrogens is 262 g/mol. The lowest BCUT2D eigenvalue weighted by Gasteiger charge is -2.23. The zero-order chi connectivity index (χ0) is 13.6. The largest absolute Gasteiger partial charge is 0.480 e. The molecule has 6 heteroatoms. The number of aryl methyl sites for hydroxylation is 2. The van der Waals surface area contributed by atoms with Crippen LogP contribution in [-0.4, -0.2) is 33.6 Å². The fourth-order valence-electron chi connectivity index (χ4n) is 2.66. The number of hydrogen-bond donors (Lipinski definition) is 1. The molecule has 0 aliphatic carbocycles. The van der Waals surface area contributed by atoms with Gasteiger partial charge in [-0.25, -0.2) is 14.8 Å². The monoisotopic (exact) mass is 277 g/mol. The van der Waals surface area contributed by atoms with Crippen molar-refractivity contribution in [3.05, 3.63) is 16.8 Å². The Morgan fingerprint density at radius 3 is 3.00 bits per heavy atom. The Morgan fingerprint density at radius 1 is 1.47 bits per heavy atom. The lowest BCUT2D eigenvalue weighted by molar-refractivity contribution is -0.138. The van der Waals surface area contributed by atoms with E-state index >= 15 is 0 Å². The van der Waals surface area contributed by atoms with Crippen LogP contribution in [0.5, 0.6) is 0 Å². The van der Waals surface area contributed by atoms with E-state index in [2.05, 4.69) is 16.9 Å². The summed E-state index contributed by atoms with van der Waals surface area (Å²) >= 11 is 1.64. The quantitative estimate of drug-likeness (QED) is 0.912. The smallest absolute Gasteiger partial charge is 0.326 e. The van der Waals surface area contributed by atoms with Gasteiger partial charge in [0.15, 0.2) is 0 Å². The van der Waals surface area contributed by atoms with Gasteiger partial charge < -0.3 is 10.0 Å². The molecule has 1 aliphatic rings. The highest BCUT2D eigenvalue weighted by atomic mass is 32.1. The molecule has 100 valence electrons. The summed E-state index contributed by atoms with van der Waals surface area (Å²) in [7, 11) is 0. The summed E-state index contributed by atoms with van der Waals surface area (Å²) in [5.41, 5.74) is 1.16. The lowest BCUT2D eigenvalue weighted by atomic mass is 10.2. The van der Waals surface area contributed by atoms with Crippen LogP contribution in [0.25, 0.3) is 10.2 Å². The molecule has 0 bridgehead atoms. The van der Waals surface area contributed by atoms with Crippen LogP contribution in [0.1, 0.15) is 23.3 Å². The Morgan fingerprint density at radius 2 is 2.26 bits per heavy atom. The van der Waals surface area contributed by atoms with Gasteiger partial charge in [0, 0.05) is 11.4 Å². The number of rotatable bonds is 2. The molecule has 0 spiro atoms. The van der Waals surface area contributed by atoms with Gasteiger partial charge in [-0.1, -0.05) is 0 Å². The van der Waals surface area contributed by atoms with Gasteiger partial charge in [-0.3, -0.25) is 0 Å². The van der Waals surface area contributed by atoms with Gasteiger partial charge >= 0.3 is 5.97 Å². The van der Waals surface area contributed by atoms with E-state index in [0.29, 0.717) is 6.42 Å². The second-order valence-electron chi connectivity index (χ2n) is 4.85. The number of carboxylic acids is 1. The maximum Gasteiger partial charge on any atom is 0.326 e. The highest BCUT2D eigenvalue weighted by Gasteiger charge is 2.33. The normalized spacial score (nSPS) is 19.3. The lowest BCUT2D eigenvalue weighted by Crippen LogP contribution is -2.36. The van der Waals surface area contributed by atoms with Gasteiger partial charge in [0.1, 0.15) is 23.0 Å². The van der Waals surface area contributed by atoms with Gasteiger partial charge in [0.05, 0.1) is 5.39 Å². The summed E-state index contributed by atoms with van der Waals surface area (Å²) < 4.78 is 0. The minimum atomic E-state index is -0.770. The van der Waals surface area contributed by atoms with Gasteiger partial charge in [-0.15, -0.1) is 11.3 Å².